The lowest BCUT2D eigenvalue weighted by molar-refractivity contribution is 0.0250. The third kappa shape index (κ3) is 7.46. The zero-order chi connectivity index (χ0) is 27.1. The molecule has 0 unspecified atom stereocenters. The predicted octanol–water partition coefficient (Wildman–Crippen LogP) is 7.50. The van der Waals surface area contributed by atoms with Crippen molar-refractivity contribution in [2.45, 2.75) is 32.9 Å². The number of hydrogen-bond acceptors (Lipinski definition) is 5. The number of aromatic carboxylic acids is 1. The normalized spacial score (nSPS) is 11.8. The van der Waals surface area contributed by atoms with Gasteiger partial charge in [0.1, 0.15) is 18.0 Å². The van der Waals surface area contributed by atoms with E-state index in [2.05, 4.69) is 0 Å². The van der Waals surface area contributed by atoms with Gasteiger partial charge >= 0.3 is 12.1 Å². The Balaban J connectivity index is 1.64. The van der Waals surface area contributed by atoms with Crippen molar-refractivity contribution in [1.29, 1.82) is 0 Å². The van der Waals surface area contributed by atoms with Crippen LogP contribution in [0, 0.1) is 0 Å². The van der Waals surface area contributed by atoms with Crippen LogP contribution in [0.15, 0.2) is 89.8 Å². The molecule has 1 aromatic heterocycles. The van der Waals surface area contributed by atoms with Crippen LogP contribution in [0.4, 0.5) is 4.79 Å². The Morgan fingerprint density at radius 3 is 2.37 bits per heavy atom. The van der Waals surface area contributed by atoms with Crippen molar-refractivity contribution < 1.29 is 24.2 Å². The standard InChI is InChI=1S/C31H31NO5S/c1-31(2,3)37-30(35)32(20-26-10-7-17-38-26)19-23(18-22-13-15-25(16-14-22)29(33)34)21-36-28-12-6-9-24-8-4-5-11-27(24)28/h4-18H,19-21H2,1-3H3,(H,33,34)/b23-18+. The molecule has 4 rings (SSSR count). The Bertz CT molecular complexity index is 1410. The van der Waals surface area contributed by atoms with E-state index in [1.54, 1.807) is 40.5 Å². The highest BCUT2D eigenvalue weighted by Gasteiger charge is 2.24. The number of carboxylic acids is 1. The predicted molar refractivity (Wildman–Crippen MR) is 152 cm³/mol. The van der Waals surface area contributed by atoms with Gasteiger partial charge in [0.05, 0.1) is 12.1 Å². The molecule has 0 spiro atoms. The number of thiophene rings is 1. The molecule has 0 atom stereocenters. The van der Waals surface area contributed by atoms with E-state index in [-0.39, 0.29) is 18.7 Å². The van der Waals surface area contributed by atoms with E-state index in [1.165, 1.54) is 0 Å². The van der Waals surface area contributed by atoms with Crippen LogP contribution in [0.1, 0.15) is 41.6 Å². The van der Waals surface area contributed by atoms with Gasteiger partial charge in [-0.2, -0.15) is 0 Å². The van der Waals surface area contributed by atoms with Gasteiger partial charge in [-0.15, -0.1) is 11.3 Å². The van der Waals surface area contributed by atoms with E-state index in [0.29, 0.717) is 6.54 Å². The van der Waals surface area contributed by atoms with Crippen molar-refractivity contribution in [2.75, 3.05) is 13.2 Å². The average Bonchev–Trinajstić information content (AvgIpc) is 3.39. The van der Waals surface area contributed by atoms with Gasteiger partial charge in [0.25, 0.3) is 0 Å². The molecule has 4 aromatic rings. The van der Waals surface area contributed by atoms with E-state index in [1.807, 2.05) is 86.8 Å². The second kappa shape index (κ2) is 12.0. The maximum atomic E-state index is 13.2. The third-order valence-corrected chi connectivity index (χ3v) is 6.52. The summed E-state index contributed by atoms with van der Waals surface area (Å²) < 4.78 is 12.0. The second-order valence-corrected chi connectivity index (χ2v) is 10.9. The Labute approximate surface area is 226 Å². The summed E-state index contributed by atoms with van der Waals surface area (Å²) in [5.41, 5.74) is 1.22. The summed E-state index contributed by atoms with van der Waals surface area (Å²) in [5, 5.41) is 13.3. The first-order chi connectivity index (χ1) is 18.2. The minimum atomic E-state index is -0.980. The minimum Gasteiger partial charge on any atom is -0.489 e. The monoisotopic (exact) mass is 529 g/mol. The number of carboxylic acid groups (broad SMARTS) is 1. The van der Waals surface area contributed by atoms with Crippen LogP contribution in [-0.4, -0.2) is 40.8 Å². The molecular weight excluding hydrogens is 498 g/mol. The Morgan fingerprint density at radius 2 is 1.68 bits per heavy atom. The molecule has 0 aliphatic heterocycles. The highest BCUT2D eigenvalue weighted by molar-refractivity contribution is 7.09. The molecule has 196 valence electrons. The molecule has 0 aliphatic carbocycles. The van der Waals surface area contributed by atoms with Crippen LogP contribution in [0.25, 0.3) is 16.8 Å². The number of carbonyl (C=O) groups is 2. The summed E-state index contributed by atoms with van der Waals surface area (Å²) in [4.78, 5) is 27.2. The zero-order valence-electron chi connectivity index (χ0n) is 21.7. The minimum absolute atomic E-state index is 0.212. The molecule has 0 aliphatic rings. The summed E-state index contributed by atoms with van der Waals surface area (Å²) in [7, 11) is 0. The van der Waals surface area contributed by atoms with Crippen molar-refractivity contribution >= 4 is 40.2 Å². The number of fused-ring (bicyclic) bond motifs is 1. The summed E-state index contributed by atoms with van der Waals surface area (Å²) in [6, 6.07) is 24.5. The van der Waals surface area contributed by atoms with E-state index in [0.717, 1.165) is 32.5 Å². The van der Waals surface area contributed by atoms with Gasteiger partial charge in [0.2, 0.25) is 0 Å². The van der Waals surface area contributed by atoms with Crippen LogP contribution in [0.2, 0.25) is 0 Å². The quantitative estimate of drug-likeness (QED) is 0.243. The smallest absolute Gasteiger partial charge is 0.410 e. The number of carbonyl (C=O) groups excluding carboxylic acids is 1. The van der Waals surface area contributed by atoms with Crippen molar-refractivity contribution in [3.05, 3.63) is 106 Å². The molecule has 1 N–H and O–H groups in total. The highest BCUT2D eigenvalue weighted by atomic mass is 32.1. The van der Waals surface area contributed by atoms with Gasteiger partial charge in [0, 0.05) is 16.8 Å². The summed E-state index contributed by atoms with van der Waals surface area (Å²) in [5.74, 6) is -0.232. The van der Waals surface area contributed by atoms with Gasteiger partial charge < -0.3 is 14.6 Å². The fourth-order valence-electron chi connectivity index (χ4n) is 3.93. The fraction of sp³-hybridized carbons (Fsp3) is 0.226. The van der Waals surface area contributed by atoms with E-state index in [9.17, 15) is 14.7 Å². The lowest BCUT2D eigenvalue weighted by Gasteiger charge is -2.28. The molecule has 0 fully saturated rings. The molecular formula is C31H31NO5S. The lowest BCUT2D eigenvalue weighted by Crippen LogP contribution is -2.38. The second-order valence-electron chi connectivity index (χ2n) is 9.91. The lowest BCUT2D eigenvalue weighted by atomic mass is 10.1. The van der Waals surface area contributed by atoms with Gasteiger partial charge in [-0.25, -0.2) is 9.59 Å². The van der Waals surface area contributed by atoms with Gasteiger partial charge in [0.15, 0.2) is 0 Å². The summed E-state index contributed by atoms with van der Waals surface area (Å²) >= 11 is 1.58. The number of benzene rings is 3. The summed E-state index contributed by atoms with van der Waals surface area (Å²) in [6.45, 7) is 6.45. The van der Waals surface area contributed by atoms with E-state index >= 15 is 0 Å². The first-order valence-electron chi connectivity index (χ1n) is 12.3. The average molecular weight is 530 g/mol. The molecule has 0 bridgehead atoms. The number of nitrogens with zero attached hydrogens (tertiary/aromatic N) is 1. The molecule has 0 saturated heterocycles. The molecule has 1 heterocycles. The van der Waals surface area contributed by atoms with Gasteiger partial charge in [-0.1, -0.05) is 60.7 Å². The molecule has 6 nitrogen and oxygen atoms in total. The van der Waals surface area contributed by atoms with Crippen LogP contribution in [-0.2, 0) is 11.3 Å². The SMILES string of the molecule is CC(C)(C)OC(=O)N(C/C(=C\c1ccc(C(=O)O)cc1)COc1cccc2ccccc12)Cc1cccs1. The number of amides is 1. The molecule has 3 aromatic carbocycles. The molecule has 1 amide bonds. The van der Waals surface area contributed by atoms with Gasteiger partial charge in [-0.05, 0) is 66.9 Å². The Hall–Kier alpha value is -4.10. The zero-order valence-corrected chi connectivity index (χ0v) is 22.5. The van der Waals surface area contributed by atoms with Crippen LogP contribution in [0.5, 0.6) is 5.75 Å². The Kier molecular flexibility index (Phi) is 8.48. The van der Waals surface area contributed by atoms with Crippen LogP contribution in [0.3, 0.4) is 0 Å². The Morgan fingerprint density at radius 1 is 0.947 bits per heavy atom. The number of hydrogen-bond donors (Lipinski definition) is 1. The van der Waals surface area contributed by atoms with E-state index in [4.69, 9.17) is 9.47 Å². The van der Waals surface area contributed by atoms with Crippen molar-refractivity contribution in [1.82, 2.24) is 4.90 Å². The van der Waals surface area contributed by atoms with Crippen LogP contribution >= 0.6 is 11.3 Å². The molecule has 0 saturated carbocycles. The summed E-state index contributed by atoms with van der Waals surface area (Å²) in [6.07, 6.45) is 1.52. The van der Waals surface area contributed by atoms with Gasteiger partial charge in [-0.3, -0.25) is 4.90 Å². The largest absolute Gasteiger partial charge is 0.489 e. The molecule has 0 radical (unpaired) electrons. The topological polar surface area (TPSA) is 76.1 Å². The maximum absolute atomic E-state index is 13.2. The van der Waals surface area contributed by atoms with Crippen LogP contribution < -0.4 is 4.74 Å². The number of ether oxygens (including phenoxy) is 2. The third-order valence-electron chi connectivity index (χ3n) is 5.66. The first-order valence-corrected chi connectivity index (χ1v) is 13.2. The maximum Gasteiger partial charge on any atom is 0.410 e. The fourth-order valence-corrected chi connectivity index (χ4v) is 4.65. The molecule has 38 heavy (non-hydrogen) atoms. The number of rotatable bonds is 9. The highest BCUT2D eigenvalue weighted by Crippen LogP contribution is 2.26. The van der Waals surface area contributed by atoms with Crippen molar-refractivity contribution in [3.63, 3.8) is 0 Å². The van der Waals surface area contributed by atoms with E-state index < -0.39 is 17.7 Å². The van der Waals surface area contributed by atoms with Crippen molar-refractivity contribution in [3.8, 4) is 5.75 Å². The molecule has 7 heteroatoms. The first kappa shape index (κ1) is 26.9. The van der Waals surface area contributed by atoms with Crippen molar-refractivity contribution in [2.24, 2.45) is 0 Å².